The molecule has 0 aliphatic carbocycles. The van der Waals surface area contributed by atoms with Crippen molar-refractivity contribution in [3.63, 3.8) is 0 Å². The predicted molar refractivity (Wildman–Crippen MR) is 61.3 cm³/mol. The SMILES string of the molecule is Cc1cc(OC(CO)C(C)N)ccc1Cl. The third-order valence-corrected chi connectivity index (χ3v) is 2.61. The van der Waals surface area contributed by atoms with Gasteiger partial charge in [-0.2, -0.15) is 0 Å². The van der Waals surface area contributed by atoms with Crippen LogP contribution in [0.2, 0.25) is 5.02 Å². The third-order valence-electron chi connectivity index (χ3n) is 2.18. The average molecular weight is 230 g/mol. The van der Waals surface area contributed by atoms with Gasteiger partial charge < -0.3 is 15.6 Å². The molecule has 3 N–H and O–H groups in total. The summed E-state index contributed by atoms with van der Waals surface area (Å²) in [6, 6.07) is 5.14. The highest BCUT2D eigenvalue weighted by molar-refractivity contribution is 6.31. The van der Waals surface area contributed by atoms with Crippen LogP contribution in [0, 0.1) is 6.92 Å². The minimum absolute atomic E-state index is 0.0979. The summed E-state index contributed by atoms with van der Waals surface area (Å²) in [5.74, 6) is 0.674. The van der Waals surface area contributed by atoms with Crippen LogP contribution in [-0.4, -0.2) is 23.9 Å². The molecular weight excluding hydrogens is 214 g/mol. The van der Waals surface area contributed by atoms with Crippen molar-refractivity contribution in [1.82, 2.24) is 0 Å². The zero-order valence-electron chi connectivity index (χ0n) is 8.90. The normalized spacial score (nSPS) is 14.7. The van der Waals surface area contributed by atoms with Crippen molar-refractivity contribution in [3.05, 3.63) is 28.8 Å². The summed E-state index contributed by atoms with van der Waals surface area (Å²) in [5, 5.41) is 9.75. The average Bonchev–Trinajstić information content (AvgIpc) is 2.19. The predicted octanol–water partition coefficient (Wildman–Crippen LogP) is 1.74. The van der Waals surface area contributed by atoms with Gasteiger partial charge in [-0.05, 0) is 37.6 Å². The highest BCUT2D eigenvalue weighted by Crippen LogP contribution is 2.22. The van der Waals surface area contributed by atoms with Crippen molar-refractivity contribution in [3.8, 4) is 5.75 Å². The lowest BCUT2D eigenvalue weighted by Crippen LogP contribution is -2.39. The summed E-state index contributed by atoms with van der Waals surface area (Å²) >= 11 is 5.88. The Bertz CT molecular complexity index is 328. The smallest absolute Gasteiger partial charge is 0.136 e. The molecule has 15 heavy (non-hydrogen) atoms. The zero-order valence-corrected chi connectivity index (χ0v) is 9.66. The van der Waals surface area contributed by atoms with Gasteiger partial charge in [-0.3, -0.25) is 0 Å². The molecule has 4 heteroatoms. The molecule has 2 atom stereocenters. The summed E-state index contributed by atoms with van der Waals surface area (Å²) in [5.41, 5.74) is 6.59. The molecule has 0 aliphatic rings. The van der Waals surface area contributed by atoms with Gasteiger partial charge in [0.2, 0.25) is 0 Å². The Morgan fingerprint density at radius 2 is 2.20 bits per heavy atom. The number of nitrogens with two attached hydrogens (primary N) is 1. The number of halogens is 1. The van der Waals surface area contributed by atoms with E-state index < -0.39 is 0 Å². The fourth-order valence-corrected chi connectivity index (χ4v) is 1.29. The molecule has 2 unspecified atom stereocenters. The molecule has 0 saturated carbocycles. The van der Waals surface area contributed by atoms with Crippen molar-refractivity contribution in [2.75, 3.05) is 6.61 Å². The number of aliphatic hydroxyl groups excluding tert-OH is 1. The Kier molecular flexibility index (Phi) is 4.39. The minimum Gasteiger partial charge on any atom is -0.486 e. The molecule has 0 radical (unpaired) electrons. The van der Waals surface area contributed by atoms with Gasteiger partial charge in [-0.15, -0.1) is 0 Å². The van der Waals surface area contributed by atoms with Crippen LogP contribution in [0.3, 0.4) is 0 Å². The van der Waals surface area contributed by atoms with Crippen molar-refractivity contribution in [2.45, 2.75) is 26.0 Å². The number of hydrogen-bond acceptors (Lipinski definition) is 3. The lowest BCUT2D eigenvalue weighted by atomic mass is 10.2. The molecule has 0 saturated heterocycles. The standard InChI is InChI=1S/C11H16ClNO2/c1-7-5-9(3-4-10(7)12)15-11(6-14)8(2)13/h3-5,8,11,14H,6,13H2,1-2H3. The molecular formula is C11H16ClNO2. The number of aryl methyl sites for hydroxylation is 1. The molecule has 0 fully saturated rings. The highest BCUT2D eigenvalue weighted by atomic mass is 35.5. The lowest BCUT2D eigenvalue weighted by Gasteiger charge is -2.20. The molecule has 0 amide bonds. The van der Waals surface area contributed by atoms with Gasteiger partial charge in [0.15, 0.2) is 0 Å². The maximum absolute atomic E-state index is 9.05. The van der Waals surface area contributed by atoms with Crippen LogP contribution in [-0.2, 0) is 0 Å². The first-order valence-electron chi connectivity index (χ1n) is 4.84. The van der Waals surface area contributed by atoms with Gasteiger partial charge in [-0.1, -0.05) is 11.6 Å². The molecule has 0 aromatic heterocycles. The van der Waals surface area contributed by atoms with Crippen LogP contribution < -0.4 is 10.5 Å². The molecule has 0 bridgehead atoms. The summed E-state index contributed by atoms with van der Waals surface area (Å²) < 4.78 is 5.53. The van der Waals surface area contributed by atoms with E-state index >= 15 is 0 Å². The Balaban J connectivity index is 2.75. The van der Waals surface area contributed by atoms with Gasteiger partial charge >= 0.3 is 0 Å². The van der Waals surface area contributed by atoms with Crippen LogP contribution in [0.25, 0.3) is 0 Å². The van der Waals surface area contributed by atoms with E-state index in [1.807, 2.05) is 13.0 Å². The van der Waals surface area contributed by atoms with Gasteiger partial charge in [0, 0.05) is 11.1 Å². The summed E-state index contributed by atoms with van der Waals surface area (Å²) in [4.78, 5) is 0. The lowest BCUT2D eigenvalue weighted by molar-refractivity contribution is 0.0990. The molecule has 3 nitrogen and oxygen atoms in total. The Morgan fingerprint density at radius 1 is 1.53 bits per heavy atom. The number of hydrogen-bond donors (Lipinski definition) is 2. The largest absolute Gasteiger partial charge is 0.486 e. The third kappa shape index (κ3) is 3.38. The van der Waals surface area contributed by atoms with Crippen molar-refractivity contribution < 1.29 is 9.84 Å². The van der Waals surface area contributed by atoms with Crippen LogP contribution in [0.15, 0.2) is 18.2 Å². The van der Waals surface area contributed by atoms with Crippen molar-refractivity contribution in [1.29, 1.82) is 0 Å². The van der Waals surface area contributed by atoms with E-state index in [4.69, 9.17) is 27.2 Å². The van der Waals surface area contributed by atoms with Crippen molar-refractivity contribution in [2.24, 2.45) is 5.73 Å². The molecule has 0 aliphatic heterocycles. The van der Waals surface area contributed by atoms with Crippen LogP contribution in [0.5, 0.6) is 5.75 Å². The second-order valence-electron chi connectivity index (χ2n) is 3.61. The second kappa shape index (κ2) is 5.35. The summed E-state index contributed by atoms with van der Waals surface area (Å²) in [6.45, 7) is 3.60. The summed E-state index contributed by atoms with van der Waals surface area (Å²) in [7, 11) is 0. The Morgan fingerprint density at radius 3 is 2.67 bits per heavy atom. The van der Waals surface area contributed by atoms with Crippen LogP contribution in [0.1, 0.15) is 12.5 Å². The molecule has 84 valence electrons. The van der Waals surface area contributed by atoms with Gasteiger partial charge in [0.1, 0.15) is 11.9 Å². The molecule has 1 aromatic carbocycles. The topological polar surface area (TPSA) is 55.5 Å². The van der Waals surface area contributed by atoms with E-state index in [0.29, 0.717) is 10.8 Å². The van der Waals surface area contributed by atoms with Crippen LogP contribution >= 0.6 is 11.6 Å². The Hall–Kier alpha value is -0.770. The Labute approximate surface area is 94.8 Å². The first-order chi connectivity index (χ1) is 7.04. The van der Waals surface area contributed by atoms with Gasteiger partial charge in [0.05, 0.1) is 6.61 Å². The van der Waals surface area contributed by atoms with Crippen LogP contribution in [0.4, 0.5) is 0 Å². The molecule has 0 heterocycles. The number of aliphatic hydroxyl groups is 1. The van der Waals surface area contributed by atoms with Crippen molar-refractivity contribution >= 4 is 11.6 Å². The second-order valence-corrected chi connectivity index (χ2v) is 4.02. The molecule has 0 spiro atoms. The van der Waals surface area contributed by atoms with E-state index in [2.05, 4.69) is 0 Å². The first kappa shape index (κ1) is 12.3. The fraction of sp³-hybridized carbons (Fsp3) is 0.455. The molecule has 1 aromatic rings. The highest BCUT2D eigenvalue weighted by Gasteiger charge is 2.14. The summed E-state index contributed by atoms with van der Waals surface area (Å²) in [6.07, 6.45) is -0.384. The van der Waals surface area contributed by atoms with Gasteiger partial charge in [0.25, 0.3) is 0 Å². The maximum Gasteiger partial charge on any atom is 0.136 e. The maximum atomic E-state index is 9.05. The van der Waals surface area contributed by atoms with E-state index in [-0.39, 0.29) is 18.8 Å². The monoisotopic (exact) mass is 229 g/mol. The van der Waals surface area contributed by atoms with E-state index in [9.17, 15) is 0 Å². The van der Waals surface area contributed by atoms with Gasteiger partial charge in [-0.25, -0.2) is 0 Å². The number of benzene rings is 1. The quantitative estimate of drug-likeness (QED) is 0.827. The zero-order chi connectivity index (χ0) is 11.4. The fourth-order valence-electron chi connectivity index (χ4n) is 1.18. The number of rotatable bonds is 4. The number of ether oxygens (including phenoxy) is 1. The van der Waals surface area contributed by atoms with E-state index in [1.54, 1.807) is 19.1 Å². The first-order valence-corrected chi connectivity index (χ1v) is 5.21. The minimum atomic E-state index is -0.384. The van der Waals surface area contributed by atoms with E-state index in [0.717, 1.165) is 5.56 Å². The van der Waals surface area contributed by atoms with E-state index in [1.165, 1.54) is 0 Å². The molecule has 1 rings (SSSR count).